The monoisotopic (exact) mass is 301 g/mol. The van der Waals surface area contributed by atoms with Crippen molar-refractivity contribution in [1.29, 1.82) is 0 Å². The van der Waals surface area contributed by atoms with Gasteiger partial charge in [0.05, 0.1) is 12.2 Å². The van der Waals surface area contributed by atoms with E-state index >= 15 is 0 Å². The smallest absolute Gasteiger partial charge is 0.270 e. The Hall–Kier alpha value is -2.21. The molecule has 2 atom stereocenters. The van der Waals surface area contributed by atoms with E-state index in [2.05, 4.69) is 4.98 Å². The summed E-state index contributed by atoms with van der Waals surface area (Å²) in [6, 6.07) is 3.68. The molecule has 3 rings (SSSR count). The predicted octanol–water partition coefficient (Wildman–Crippen LogP) is 1.43. The molecule has 2 aromatic rings. The van der Waals surface area contributed by atoms with E-state index in [1.54, 1.807) is 12.3 Å². The lowest BCUT2D eigenvalue weighted by Crippen LogP contribution is -2.47. The number of nitrogens with zero attached hydrogens (tertiary/aromatic N) is 3. The van der Waals surface area contributed by atoms with Gasteiger partial charge in [0.1, 0.15) is 17.0 Å². The molecule has 0 N–H and O–H groups in total. The Balaban J connectivity index is 2.22. The minimum atomic E-state index is -0.328. The van der Waals surface area contributed by atoms with Crippen molar-refractivity contribution in [2.45, 2.75) is 33.0 Å². The van der Waals surface area contributed by atoms with Gasteiger partial charge in [-0.05, 0) is 32.4 Å². The molecule has 0 unspecified atom stereocenters. The molecular formula is C16H19N3O3. The number of anilines is 1. The number of hydrogen-bond donors (Lipinski definition) is 0. The summed E-state index contributed by atoms with van der Waals surface area (Å²) in [6.45, 7) is 7.07. The van der Waals surface area contributed by atoms with E-state index in [0.717, 1.165) is 5.56 Å². The van der Waals surface area contributed by atoms with Gasteiger partial charge >= 0.3 is 0 Å². The normalized spacial score (nSPS) is 22.0. The number of pyridine rings is 1. The number of ether oxygens (including phenoxy) is 1. The average molecular weight is 301 g/mol. The Morgan fingerprint density at radius 2 is 2.00 bits per heavy atom. The summed E-state index contributed by atoms with van der Waals surface area (Å²) in [5.41, 5.74) is 1.25. The minimum absolute atomic E-state index is 0.0281. The first-order valence-corrected chi connectivity index (χ1v) is 7.39. The van der Waals surface area contributed by atoms with Crippen LogP contribution in [0.25, 0.3) is 5.65 Å². The van der Waals surface area contributed by atoms with E-state index in [-0.39, 0.29) is 23.3 Å². The lowest BCUT2D eigenvalue weighted by Gasteiger charge is -2.36. The van der Waals surface area contributed by atoms with Crippen molar-refractivity contribution in [1.82, 2.24) is 9.38 Å². The second kappa shape index (κ2) is 5.53. The lowest BCUT2D eigenvalue weighted by molar-refractivity contribution is -0.00550. The summed E-state index contributed by atoms with van der Waals surface area (Å²) in [5.74, 6) is 0.455. The molecule has 1 saturated heterocycles. The zero-order valence-corrected chi connectivity index (χ0v) is 12.9. The molecule has 0 amide bonds. The first kappa shape index (κ1) is 14.7. The number of hydrogen-bond acceptors (Lipinski definition) is 5. The highest BCUT2D eigenvalue weighted by molar-refractivity contribution is 5.83. The molecule has 0 radical (unpaired) electrons. The molecule has 1 aliphatic rings. The van der Waals surface area contributed by atoms with Crippen LogP contribution >= 0.6 is 0 Å². The SMILES string of the molecule is Cc1cccn2c(=O)c(C=O)c(N3C[C@@H](C)O[C@@H](C)C3)nc12. The number of aryl methyl sites for hydroxylation is 1. The van der Waals surface area contributed by atoms with E-state index in [1.807, 2.05) is 31.7 Å². The Kier molecular flexibility index (Phi) is 3.70. The summed E-state index contributed by atoms with van der Waals surface area (Å²) < 4.78 is 7.14. The summed E-state index contributed by atoms with van der Waals surface area (Å²) in [6.07, 6.45) is 2.30. The summed E-state index contributed by atoms with van der Waals surface area (Å²) in [5, 5.41) is 0. The third-order valence-corrected chi connectivity index (χ3v) is 3.90. The van der Waals surface area contributed by atoms with Gasteiger partial charge in [0.15, 0.2) is 6.29 Å². The zero-order valence-electron chi connectivity index (χ0n) is 12.9. The topological polar surface area (TPSA) is 63.9 Å². The number of aldehydes is 1. The van der Waals surface area contributed by atoms with Crippen LogP contribution in [-0.2, 0) is 4.74 Å². The molecule has 0 spiro atoms. The maximum atomic E-state index is 12.6. The van der Waals surface area contributed by atoms with Crippen LogP contribution in [0.3, 0.4) is 0 Å². The molecule has 6 nitrogen and oxygen atoms in total. The Labute approximate surface area is 128 Å². The number of aromatic nitrogens is 2. The lowest BCUT2D eigenvalue weighted by atomic mass is 10.2. The van der Waals surface area contributed by atoms with Gasteiger partial charge in [0.25, 0.3) is 5.56 Å². The molecule has 116 valence electrons. The first-order valence-electron chi connectivity index (χ1n) is 7.39. The van der Waals surface area contributed by atoms with Crippen molar-refractivity contribution in [3.8, 4) is 0 Å². The molecule has 6 heteroatoms. The third-order valence-electron chi connectivity index (χ3n) is 3.90. The second-order valence-corrected chi connectivity index (χ2v) is 5.82. The minimum Gasteiger partial charge on any atom is -0.372 e. The van der Waals surface area contributed by atoms with E-state index in [4.69, 9.17) is 4.74 Å². The van der Waals surface area contributed by atoms with Crippen LogP contribution in [0, 0.1) is 6.92 Å². The summed E-state index contributed by atoms with van der Waals surface area (Å²) in [4.78, 5) is 30.6. The van der Waals surface area contributed by atoms with Crippen LogP contribution in [0.4, 0.5) is 5.82 Å². The summed E-state index contributed by atoms with van der Waals surface area (Å²) in [7, 11) is 0. The fourth-order valence-electron chi connectivity index (χ4n) is 3.00. The molecule has 0 saturated carbocycles. The van der Waals surface area contributed by atoms with Gasteiger partial charge in [-0.2, -0.15) is 0 Å². The number of rotatable bonds is 2. The molecule has 0 bridgehead atoms. The Bertz CT molecular complexity index is 774. The highest BCUT2D eigenvalue weighted by Gasteiger charge is 2.26. The van der Waals surface area contributed by atoms with Crippen molar-refractivity contribution in [3.05, 3.63) is 39.8 Å². The van der Waals surface area contributed by atoms with Crippen molar-refractivity contribution in [3.63, 3.8) is 0 Å². The van der Waals surface area contributed by atoms with Crippen molar-refractivity contribution in [2.24, 2.45) is 0 Å². The fraction of sp³-hybridized carbons (Fsp3) is 0.438. The van der Waals surface area contributed by atoms with Gasteiger partial charge in [0, 0.05) is 19.3 Å². The van der Waals surface area contributed by atoms with Gasteiger partial charge in [-0.1, -0.05) is 6.07 Å². The van der Waals surface area contributed by atoms with Gasteiger partial charge in [0.2, 0.25) is 0 Å². The van der Waals surface area contributed by atoms with Crippen molar-refractivity contribution in [2.75, 3.05) is 18.0 Å². The maximum Gasteiger partial charge on any atom is 0.270 e. The summed E-state index contributed by atoms with van der Waals surface area (Å²) >= 11 is 0. The Morgan fingerprint density at radius 1 is 1.32 bits per heavy atom. The van der Waals surface area contributed by atoms with E-state index in [9.17, 15) is 9.59 Å². The van der Waals surface area contributed by atoms with Crippen LogP contribution in [-0.4, -0.2) is 41.0 Å². The van der Waals surface area contributed by atoms with Crippen LogP contribution in [0.1, 0.15) is 29.8 Å². The van der Waals surface area contributed by atoms with Crippen molar-refractivity contribution >= 4 is 17.8 Å². The number of carbonyl (C=O) groups excluding carboxylic acids is 1. The van der Waals surface area contributed by atoms with Crippen LogP contribution in [0.15, 0.2) is 23.1 Å². The molecular weight excluding hydrogens is 282 g/mol. The molecule has 0 aliphatic carbocycles. The van der Waals surface area contributed by atoms with Gasteiger partial charge in [-0.15, -0.1) is 0 Å². The Morgan fingerprint density at radius 3 is 2.64 bits per heavy atom. The highest BCUT2D eigenvalue weighted by atomic mass is 16.5. The number of carbonyl (C=O) groups is 1. The molecule has 22 heavy (non-hydrogen) atoms. The van der Waals surface area contributed by atoms with E-state index < -0.39 is 0 Å². The molecule has 0 aromatic carbocycles. The molecule has 2 aromatic heterocycles. The quantitative estimate of drug-likeness (QED) is 0.785. The van der Waals surface area contributed by atoms with E-state index in [0.29, 0.717) is 30.8 Å². The number of morpholine rings is 1. The van der Waals surface area contributed by atoms with Gasteiger partial charge in [-0.25, -0.2) is 4.98 Å². The van der Waals surface area contributed by atoms with Gasteiger partial charge in [-0.3, -0.25) is 14.0 Å². The van der Waals surface area contributed by atoms with Crippen LogP contribution in [0.5, 0.6) is 0 Å². The fourth-order valence-corrected chi connectivity index (χ4v) is 3.00. The predicted molar refractivity (Wildman–Crippen MR) is 83.8 cm³/mol. The number of fused-ring (bicyclic) bond motifs is 1. The van der Waals surface area contributed by atoms with Crippen LogP contribution < -0.4 is 10.5 Å². The van der Waals surface area contributed by atoms with E-state index in [1.165, 1.54) is 4.40 Å². The molecule has 3 heterocycles. The van der Waals surface area contributed by atoms with Crippen molar-refractivity contribution < 1.29 is 9.53 Å². The third kappa shape index (κ3) is 2.39. The van der Waals surface area contributed by atoms with Crippen LogP contribution in [0.2, 0.25) is 0 Å². The maximum absolute atomic E-state index is 12.6. The molecule has 1 fully saturated rings. The second-order valence-electron chi connectivity index (χ2n) is 5.82. The highest BCUT2D eigenvalue weighted by Crippen LogP contribution is 2.21. The average Bonchev–Trinajstić information content (AvgIpc) is 2.47. The molecule has 1 aliphatic heterocycles. The largest absolute Gasteiger partial charge is 0.372 e. The first-order chi connectivity index (χ1) is 10.5. The van der Waals surface area contributed by atoms with Gasteiger partial charge < -0.3 is 9.64 Å². The standard InChI is InChI=1S/C16H19N3O3/c1-10-5-4-6-19-14(10)17-15(13(9-20)16(19)21)18-7-11(2)22-12(3)8-18/h4-6,9,11-12H,7-8H2,1-3H3/t11-,12+. The zero-order chi connectivity index (χ0) is 15.9.